The number of rotatable bonds is 6. The maximum absolute atomic E-state index is 11.6. The molecular weight excluding hydrogens is 346 g/mol. The Kier molecular flexibility index (Phi) is 4.53. The SMILES string of the molecule is C=Cc1c(-c2ccnc(NCCN3CCNC3=O)n2)sc2ccccc12. The number of amides is 2. The first kappa shape index (κ1) is 16.5. The van der Waals surface area contributed by atoms with E-state index in [2.05, 4.69) is 39.3 Å². The van der Waals surface area contributed by atoms with E-state index in [0.717, 1.165) is 22.7 Å². The number of urea groups is 1. The first-order valence-electron chi connectivity index (χ1n) is 8.50. The summed E-state index contributed by atoms with van der Waals surface area (Å²) in [4.78, 5) is 23.4. The average Bonchev–Trinajstić information content (AvgIpc) is 3.25. The van der Waals surface area contributed by atoms with Gasteiger partial charge in [0.1, 0.15) is 0 Å². The molecular formula is C19H19N5OS. The zero-order chi connectivity index (χ0) is 17.9. The van der Waals surface area contributed by atoms with Crippen LogP contribution in [0.3, 0.4) is 0 Å². The summed E-state index contributed by atoms with van der Waals surface area (Å²) in [6.07, 6.45) is 3.64. The monoisotopic (exact) mass is 365 g/mol. The fourth-order valence-electron chi connectivity index (χ4n) is 3.06. The number of benzene rings is 1. The molecule has 3 heterocycles. The molecule has 2 aromatic heterocycles. The fourth-order valence-corrected chi connectivity index (χ4v) is 4.23. The summed E-state index contributed by atoms with van der Waals surface area (Å²) in [5, 5.41) is 7.19. The molecule has 6 nitrogen and oxygen atoms in total. The number of hydrogen-bond acceptors (Lipinski definition) is 5. The van der Waals surface area contributed by atoms with E-state index in [0.29, 0.717) is 25.6 Å². The van der Waals surface area contributed by atoms with Crippen molar-refractivity contribution in [2.45, 2.75) is 0 Å². The van der Waals surface area contributed by atoms with Crippen LogP contribution in [0, 0.1) is 0 Å². The average molecular weight is 365 g/mol. The first-order chi connectivity index (χ1) is 12.8. The molecule has 1 saturated heterocycles. The number of anilines is 1. The molecule has 7 heteroatoms. The van der Waals surface area contributed by atoms with E-state index in [1.54, 1.807) is 22.4 Å². The lowest BCUT2D eigenvalue weighted by Gasteiger charge is -2.14. The van der Waals surface area contributed by atoms with Gasteiger partial charge in [-0.1, -0.05) is 30.9 Å². The Morgan fingerprint density at radius 2 is 2.23 bits per heavy atom. The second kappa shape index (κ2) is 7.13. The second-order valence-electron chi connectivity index (χ2n) is 5.96. The van der Waals surface area contributed by atoms with Crippen molar-refractivity contribution in [1.82, 2.24) is 20.2 Å². The minimum absolute atomic E-state index is 0.0117. The summed E-state index contributed by atoms with van der Waals surface area (Å²) >= 11 is 1.70. The molecule has 0 radical (unpaired) electrons. The Morgan fingerprint density at radius 3 is 3.04 bits per heavy atom. The van der Waals surface area contributed by atoms with Gasteiger partial charge in [0.2, 0.25) is 5.95 Å². The lowest BCUT2D eigenvalue weighted by Crippen LogP contribution is -2.32. The molecule has 0 aliphatic carbocycles. The van der Waals surface area contributed by atoms with Gasteiger partial charge in [0.05, 0.1) is 10.6 Å². The van der Waals surface area contributed by atoms with E-state index in [1.165, 1.54) is 10.1 Å². The molecule has 1 aromatic carbocycles. The van der Waals surface area contributed by atoms with Gasteiger partial charge in [-0.15, -0.1) is 11.3 Å². The minimum Gasteiger partial charge on any atom is -0.352 e. The Labute approximate surface area is 155 Å². The maximum atomic E-state index is 11.6. The van der Waals surface area contributed by atoms with E-state index in [1.807, 2.05) is 24.3 Å². The van der Waals surface area contributed by atoms with Crippen molar-refractivity contribution >= 4 is 39.5 Å². The van der Waals surface area contributed by atoms with Crippen LogP contribution in [0.4, 0.5) is 10.7 Å². The van der Waals surface area contributed by atoms with Crippen LogP contribution in [0.1, 0.15) is 5.56 Å². The van der Waals surface area contributed by atoms with Crippen LogP contribution in [0.25, 0.3) is 26.7 Å². The van der Waals surface area contributed by atoms with Crippen LogP contribution >= 0.6 is 11.3 Å². The Balaban J connectivity index is 1.54. The largest absolute Gasteiger partial charge is 0.352 e. The Morgan fingerprint density at radius 1 is 1.35 bits per heavy atom. The van der Waals surface area contributed by atoms with Crippen molar-refractivity contribution in [3.8, 4) is 10.6 Å². The third-order valence-corrected chi connectivity index (χ3v) is 5.55. The molecule has 0 bridgehead atoms. The lowest BCUT2D eigenvalue weighted by atomic mass is 10.1. The zero-order valence-corrected chi connectivity index (χ0v) is 15.1. The van der Waals surface area contributed by atoms with Crippen LogP contribution in [0.5, 0.6) is 0 Å². The molecule has 26 heavy (non-hydrogen) atoms. The number of carbonyl (C=O) groups is 1. The molecule has 0 saturated carbocycles. The van der Waals surface area contributed by atoms with Crippen LogP contribution in [-0.2, 0) is 0 Å². The number of hydrogen-bond donors (Lipinski definition) is 2. The van der Waals surface area contributed by atoms with E-state index in [9.17, 15) is 4.79 Å². The van der Waals surface area contributed by atoms with E-state index < -0.39 is 0 Å². The van der Waals surface area contributed by atoms with E-state index in [4.69, 9.17) is 0 Å². The predicted octanol–water partition coefficient (Wildman–Crippen LogP) is 3.44. The molecule has 2 amide bonds. The van der Waals surface area contributed by atoms with Gasteiger partial charge in [0.15, 0.2) is 0 Å². The molecule has 132 valence electrons. The standard InChI is InChI=1S/C19H19N5OS/c1-2-13-14-5-3-4-6-16(14)26-17(13)15-7-8-20-18(23-15)21-9-11-24-12-10-22-19(24)25/h2-8H,1,9-12H2,(H,22,25)(H,20,21,23). The van der Waals surface area contributed by atoms with Gasteiger partial charge >= 0.3 is 6.03 Å². The van der Waals surface area contributed by atoms with Crippen molar-refractivity contribution < 1.29 is 4.79 Å². The summed E-state index contributed by atoms with van der Waals surface area (Å²) < 4.78 is 1.21. The normalized spacial score (nSPS) is 13.8. The van der Waals surface area contributed by atoms with Gasteiger partial charge < -0.3 is 15.5 Å². The minimum atomic E-state index is -0.0117. The van der Waals surface area contributed by atoms with Crippen molar-refractivity contribution in [1.29, 1.82) is 0 Å². The summed E-state index contributed by atoms with van der Waals surface area (Å²) in [6.45, 7) is 6.65. The highest BCUT2D eigenvalue weighted by atomic mass is 32.1. The number of fused-ring (bicyclic) bond motifs is 1. The third-order valence-electron chi connectivity index (χ3n) is 4.34. The van der Waals surface area contributed by atoms with E-state index >= 15 is 0 Å². The van der Waals surface area contributed by atoms with Gasteiger partial charge in [-0.3, -0.25) is 0 Å². The van der Waals surface area contributed by atoms with E-state index in [-0.39, 0.29) is 6.03 Å². The molecule has 1 fully saturated rings. The van der Waals surface area contributed by atoms with Crippen molar-refractivity contribution in [3.05, 3.63) is 48.7 Å². The van der Waals surface area contributed by atoms with Crippen LogP contribution in [0.2, 0.25) is 0 Å². The first-order valence-corrected chi connectivity index (χ1v) is 9.32. The van der Waals surface area contributed by atoms with Gasteiger partial charge in [-0.05, 0) is 12.1 Å². The molecule has 1 aliphatic heterocycles. The fraction of sp³-hybridized carbons (Fsp3) is 0.211. The van der Waals surface area contributed by atoms with Crippen molar-refractivity contribution in [3.63, 3.8) is 0 Å². The highest BCUT2D eigenvalue weighted by Crippen LogP contribution is 2.38. The summed E-state index contributed by atoms with van der Waals surface area (Å²) in [6, 6.07) is 10.2. The highest BCUT2D eigenvalue weighted by Gasteiger charge is 2.18. The predicted molar refractivity (Wildman–Crippen MR) is 106 cm³/mol. The number of aromatic nitrogens is 2. The van der Waals surface area contributed by atoms with Crippen molar-refractivity contribution in [2.75, 3.05) is 31.5 Å². The van der Waals surface area contributed by atoms with Gasteiger partial charge in [-0.25, -0.2) is 14.8 Å². The van der Waals surface area contributed by atoms with Gasteiger partial charge in [0.25, 0.3) is 0 Å². The number of nitrogens with zero attached hydrogens (tertiary/aromatic N) is 3. The molecule has 4 rings (SSSR count). The molecule has 3 aromatic rings. The molecule has 0 atom stereocenters. The summed E-state index contributed by atoms with van der Waals surface area (Å²) in [5.74, 6) is 0.564. The van der Waals surface area contributed by atoms with Crippen LogP contribution in [0.15, 0.2) is 43.1 Å². The lowest BCUT2D eigenvalue weighted by molar-refractivity contribution is 0.219. The quantitative estimate of drug-likeness (QED) is 0.702. The molecule has 0 unspecified atom stereocenters. The van der Waals surface area contributed by atoms with Gasteiger partial charge in [-0.2, -0.15) is 0 Å². The highest BCUT2D eigenvalue weighted by molar-refractivity contribution is 7.22. The number of thiophene rings is 1. The van der Waals surface area contributed by atoms with Crippen LogP contribution < -0.4 is 10.6 Å². The zero-order valence-electron chi connectivity index (χ0n) is 14.2. The Hall–Kier alpha value is -2.93. The van der Waals surface area contributed by atoms with Crippen LogP contribution in [-0.4, -0.2) is 47.1 Å². The number of carbonyl (C=O) groups excluding carboxylic acids is 1. The molecule has 0 spiro atoms. The summed E-state index contributed by atoms with van der Waals surface area (Å²) in [5.41, 5.74) is 1.97. The summed E-state index contributed by atoms with van der Waals surface area (Å²) in [7, 11) is 0. The maximum Gasteiger partial charge on any atom is 0.317 e. The third kappa shape index (κ3) is 3.13. The number of nitrogens with one attached hydrogen (secondary N) is 2. The smallest absolute Gasteiger partial charge is 0.317 e. The Bertz CT molecular complexity index is 967. The second-order valence-corrected chi connectivity index (χ2v) is 7.01. The molecule has 1 aliphatic rings. The van der Waals surface area contributed by atoms with Gasteiger partial charge in [0, 0.05) is 48.0 Å². The molecule has 2 N–H and O–H groups in total. The topological polar surface area (TPSA) is 70.2 Å². The van der Waals surface area contributed by atoms with Crippen molar-refractivity contribution in [2.24, 2.45) is 0 Å².